The first-order chi connectivity index (χ1) is 16.1. The van der Waals surface area contributed by atoms with Gasteiger partial charge in [0.15, 0.2) is 0 Å². The molecular formula is C22H13ClF5N3O2S. The molecule has 0 aliphatic rings. The van der Waals surface area contributed by atoms with Crippen molar-refractivity contribution in [1.82, 2.24) is 4.98 Å². The lowest BCUT2D eigenvalue weighted by Crippen LogP contribution is -2.15. The number of hydrogen-bond donors (Lipinski definition) is 1. The predicted molar refractivity (Wildman–Crippen MR) is 117 cm³/mol. The molecule has 0 saturated heterocycles. The number of carbonyl (C=O) groups is 1. The third-order valence-corrected chi connectivity index (χ3v) is 5.44. The molecule has 12 heteroatoms. The Bertz CT molecular complexity index is 1230. The minimum atomic E-state index is -4.88. The normalized spacial score (nSPS) is 11.2. The molecule has 176 valence electrons. The summed E-state index contributed by atoms with van der Waals surface area (Å²) in [6, 6.07) is 13.3. The summed E-state index contributed by atoms with van der Waals surface area (Å²) in [4.78, 5) is 16.4. The number of amides is 1. The van der Waals surface area contributed by atoms with Crippen molar-refractivity contribution in [3.63, 3.8) is 0 Å². The summed E-state index contributed by atoms with van der Waals surface area (Å²) in [5, 5.41) is 12.0. The number of nitrogens with one attached hydrogen (secondary N) is 1. The molecular weight excluding hydrogens is 501 g/mol. The van der Waals surface area contributed by atoms with Crippen LogP contribution in [0, 0.1) is 11.3 Å². The lowest BCUT2D eigenvalue weighted by molar-refractivity contribution is -0.138. The van der Waals surface area contributed by atoms with E-state index in [0.717, 1.165) is 12.1 Å². The molecule has 0 fully saturated rings. The van der Waals surface area contributed by atoms with Gasteiger partial charge in [0.25, 0.3) is 0 Å². The van der Waals surface area contributed by atoms with E-state index in [1.54, 1.807) is 18.2 Å². The summed E-state index contributed by atoms with van der Waals surface area (Å²) < 4.78 is 69.9. The van der Waals surface area contributed by atoms with Crippen molar-refractivity contribution in [2.75, 3.05) is 11.1 Å². The number of carbonyl (C=O) groups excluding carboxylic acids is 1. The number of hydrogen-bond acceptors (Lipinski definition) is 5. The highest BCUT2D eigenvalue weighted by Gasteiger charge is 2.36. The molecule has 0 aliphatic heterocycles. The number of anilines is 1. The number of nitriles is 1. The van der Waals surface area contributed by atoms with E-state index in [4.69, 9.17) is 11.6 Å². The summed E-state index contributed by atoms with van der Waals surface area (Å²) in [5.41, 5.74) is -1.56. The van der Waals surface area contributed by atoms with Crippen molar-refractivity contribution in [3.05, 3.63) is 70.7 Å². The fourth-order valence-corrected chi connectivity index (χ4v) is 3.80. The number of alkyl halides is 5. The van der Waals surface area contributed by atoms with Gasteiger partial charge in [0.2, 0.25) is 5.91 Å². The van der Waals surface area contributed by atoms with E-state index in [9.17, 15) is 32.0 Å². The maximum absolute atomic E-state index is 13.7. The molecule has 0 radical (unpaired) electrons. The van der Waals surface area contributed by atoms with Crippen molar-refractivity contribution in [3.8, 4) is 23.1 Å². The average molecular weight is 514 g/mol. The Kier molecular flexibility index (Phi) is 7.96. The number of rotatable bonds is 7. The summed E-state index contributed by atoms with van der Waals surface area (Å²) in [7, 11) is 0. The van der Waals surface area contributed by atoms with Crippen molar-refractivity contribution in [2.24, 2.45) is 0 Å². The van der Waals surface area contributed by atoms with Crippen molar-refractivity contribution >= 4 is 35.0 Å². The Morgan fingerprint density at radius 1 is 1.18 bits per heavy atom. The fourth-order valence-electron chi connectivity index (χ4n) is 2.81. The monoisotopic (exact) mass is 513 g/mol. The van der Waals surface area contributed by atoms with Crippen LogP contribution in [0.15, 0.2) is 59.6 Å². The Morgan fingerprint density at radius 2 is 1.88 bits per heavy atom. The van der Waals surface area contributed by atoms with E-state index in [2.05, 4.69) is 15.0 Å². The van der Waals surface area contributed by atoms with E-state index in [1.807, 2.05) is 0 Å². The average Bonchev–Trinajstić information content (AvgIpc) is 2.76. The first-order valence-corrected chi connectivity index (χ1v) is 10.7. The van der Waals surface area contributed by atoms with Gasteiger partial charge < -0.3 is 10.1 Å². The van der Waals surface area contributed by atoms with Crippen LogP contribution >= 0.6 is 23.4 Å². The van der Waals surface area contributed by atoms with Crippen LogP contribution < -0.4 is 10.1 Å². The van der Waals surface area contributed by atoms with Crippen LogP contribution in [-0.4, -0.2) is 23.3 Å². The second kappa shape index (κ2) is 10.7. The molecule has 0 unspecified atom stereocenters. The fraction of sp³-hybridized carbons (Fsp3) is 0.136. The molecule has 1 amide bonds. The van der Waals surface area contributed by atoms with Gasteiger partial charge in [-0.15, -0.1) is 0 Å². The van der Waals surface area contributed by atoms with Crippen LogP contribution in [0.1, 0.15) is 11.1 Å². The maximum atomic E-state index is 13.7. The Balaban J connectivity index is 1.91. The largest absolute Gasteiger partial charge is 0.435 e. The molecule has 1 N–H and O–H groups in total. The lowest BCUT2D eigenvalue weighted by Gasteiger charge is -2.14. The Morgan fingerprint density at radius 3 is 2.47 bits per heavy atom. The van der Waals surface area contributed by atoms with Gasteiger partial charge >= 0.3 is 12.8 Å². The van der Waals surface area contributed by atoms with Gasteiger partial charge in [0.1, 0.15) is 16.8 Å². The number of nitrogens with zero attached hydrogens (tertiary/aromatic N) is 2. The van der Waals surface area contributed by atoms with E-state index >= 15 is 0 Å². The third kappa shape index (κ3) is 6.59. The van der Waals surface area contributed by atoms with Gasteiger partial charge in [-0.3, -0.25) is 4.79 Å². The Hall–Kier alpha value is -3.36. The van der Waals surface area contributed by atoms with Gasteiger partial charge in [-0.25, -0.2) is 4.98 Å². The zero-order valence-electron chi connectivity index (χ0n) is 16.9. The topological polar surface area (TPSA) is 75.0 Å². The maximum Gasteiger partial charge on any atom is 0.417 e. The molecule has 1 heterocycles. The van der Waals surface area contributed by atoms with Crippen LogP contribution in [0.3, 0.4) is 0 Å². The molecule has 0 atom stereocenters. The van der Waals surface area contributed by atoms with Crippen LogP contribution in [0.5, 0.6) is 5.75 Å². The highest BCUT2D eigenvalue weighted by atomic mass is 35.5. The highest BCUT2D eigenvalue weighted by molar-refractivity contribution is 8.00. The molecule has 2 aromatic carbocycles. The van der Waals surface area contributed by atoms with Crippen molar-refractivity contribution < 1.29 is 31.5 Å². The first-order valence-electron chi connectivity index (χ1n) is 9.32. The molecule has 0 saturated carbocycles. The number of ether oxygens (including phenoxy) is 1. The van der Waals surface area contributed by atoms with Crippen LogP contribution in [0.4, 0.5) is 27.6 Å². The molecule has 0 aliphatic carbocycles. The molecule has 3 rings (SSSR count). The third-order valence-electron chi connectivity index (χ3n) is 4.23. The van der Waals surface area contributed by atoms with E-state index in [-0.39, 0.29) is 27.8 Å². The van der Waals surface area contributed by atoms with Gasteiger partial charge in [0, 0.05) is 16.3 Å². The number of pyridine rings is 1. The molecule has 0 spiro atoms. The lowest BCUT2D eigenvalue weighted by atomic mass is 10.1. The van der Waals surface area contributed by atoms with Crippen molar-refractivity contribution in [1.29, 1.82) is 5.26 Å². The zero-order valence-corrected chi connectivity index (χ0v) is 18.4. The minimum Gasteiger partial charge on any atom is -0.435 e. The number of aromatic nitrogens is 1. The van der Waals surface area contributed by atoms with Gasteiger partial charge in [-0.1, -0.05) is 29.4 Å². The van der Waals surface area contributed by atoms with E-state index in [0.29, 0.717) is 28.5 Å². The van der Waals surface area contributed by atoms with Crippen molar-refractivity contribution in [2.45, 2.75) is 17.8 Å². The Labute approximate surface area is 199 Å². The minimum absolute atomic E-state index is 0.160. The standard InChI is InChI=1S/C22H13ClF5N3O2S/c23-13-2-1-3-14(8-13)30-19(32)11-34-20-16(10-29)17(22(26,27)28)9-18(31-20)12-4-6-15(7-5-12)33-21(24)25/h1-9,21H,11H2,(H,30,32). The molecule has 3 aromatic rings. The van der Waals surface area contributed by atoms with Gasteiger partial charge in [0.05, 0.1) is 22.6 Å². The number of benzene rings is 2. The number of halogens is 6. The quantitative estimate of drug-likeness (QED) is 0.284. The summed E-state index contributed by atoms with van der Waals surface area (Å²) in [5.74, 6) is -1.07. The predicted octanol–water partition coefficient (Wildman–Crippen LogP) is 6.62. The smallest absolute Gasteiger partial charge is 0.417 e. The highest BCUT2D eigenvalue weighted by Crippen LogP contribution is 2.38. The molecule has 1 aromatic heterocycles. The summed E-state index contributed by atoms with van der Waals surface area (Å²) in [6.07, 6.45) is -4.88. The van der Waals surface area contributed by atoms with Crippen LogP contribution in [0.25, 0.3) is 11.3 Å². The second-order valence-electron chi connectivity index (χ2n) is 6.59. The zero-order chi connectivity index (χ0) is 24.9. The van der Waals surface area contributed by atoms with Gasteiger partial charge in [-0.05, 0) is 48.5 Å². The number of thioether (sulfide) groups is 1. The molecule has 0 bridgehead atoms. The SMILES string of the molecule is N#Cc1c(C(F)(F)F)cc(-c2ccc(OC(F)F)cc2)nc1SCC(=O)Nc1cccc(Cl)c1. The second-order valence-corrected chi connectivity index (χ2v) is 8.00. The summed E-state index contributed by atoms with van der Waals surface area (Å²) >= 11 is 6.51. The first kappa shape index (κ1) is 25.3. The summed E-state index contributed by atoms with van der Waals surface area (Å²) in [6.45, 7) is -3.06. The van der Waals surface area contributed by atoms with E-state index in [1.165, 1.54) is 24.3 Å². The van der Waals surface area contributed by atoms with Crippen LogP contribution in [-0.2, 0) is 11.0 Å². The molecule has 34 heavy (non-hydrogen) atoms. The molecule has 5 nitrogen and oxygen atoms in total. The van der Waals surface area contributed by atoms with E-state index < -0.39 is 29.8 Å². The van der Waals surface area contributed by atoms with Gasteiger partial charge in [-0.2, -0.15) is 27.2 Å². The van der Waals surface area contributed by atoms with Crippen LogP contribution in [0.2, 0.25) is 5.02 Å².